The SMILES string of the molecule is COc1ccc(C2=C(Br)C(=O)CC2)cc1. The molecule has 0 heterocycles. The van der Waals surface area contributed by atoms with Gasteiger partial charge in [0, 0.05) is 6.42 Å². The molecule has 0 saturated carbocycles. The summed E-state index contributed by atoms with van der Waals surface area (Å²) in [5.74, 6) is 1.03. The van der Waals surface area contributed by atoms with Crippen molar-refractivity contribution in [3.05, 3.63) is 34.3 Å². The summed E-state index contributed by atoms with van der Waals surface area (Å²) < 4.78 is 5.81. The smallest absolute Gasteiger partial charge is 0.170 e. The zero-order valence-electron chi connectivity index (χ0n) is 8.42. The zero-order chi connectivity index (χ0) is 10.8. The average Bonchev–Trinajstić information content (AvgIpc) is 2.60. The minimum Gasteiger partial charge on any atom is -0.497 e. The third kappa shape index (κ3) is 1.97. The number of Topliss-reactive ketones (excluding diaryl/α,β-unsaturated/α-hetero) is 1. The van der Waals surface area contributed by atoms with E-state index in [4.69, 9.17) is 4.74 Å². The molecule has 0 unspecified atom stereocenters. The van der Waals surface area contributed by atoms with Crippen LogP contribution in [-0.2, 0) is 4.79 Å². The number of halogens is 1. The Morgan fingerprint density at radius 2 is 1.87 bits per heavy atom. The van der Waals surface area contributed by atoms with E-state index in [9.17, 15) is 4.79 Å². The van der Waals surface area contributed by atoms with Crippen LogP contribution in [-0.4, -0.2) is 12.9 Å². The van der Waals surface area contributed by atoms with Gasteiger partial charge in [0.1, 0.15) is 5.75 Å². The third-order valence-electron chi connectivity index (χ3n) is 2.55. The van der Waals surface area contributed by atoms with Gasteiger partial charge >= 0.3 is 0 Å². The molecule has 1 aromatic rings. The second kappa shape index (κ2) is 4.19. The molecule has 1 aliphatic rings. The van der Waals surface area contributed by atoms with Crippen LogP contribution < -0.4 is 4.74 Å². The van der Waals surface area contributed by atoms with Crippen LogP contribution in [0.15, 0.2) is 28.7 Å². The fourth-order valence-corrected chi connectivity index (χ4v) is 2.31. The number of hydrogen-bond donors (Lipinski definition) is 0. The third-order valence-corrected chi connectivity index (χ3v) is 3.47. The van der Waals surface area contributed by atoms with Crippen molar-refractivity contribution in [1.82, 2.24) is 0 Å². The molecular weight excluding hydrogens is 256 g/mol. The number of hydrogen-bond acceptors (Lipinski definition) is 2. The topological polar surface area (TPSA) is 26.3 Å². The normalized spacial score (nSPS) is 16.0. The number of methoxy groups -OCH3 is 1. The average molecular weight is 267 g/mol. The number of benzene rings is 1. The molecule has 0 N–H and O–H groups in total. The highest BCUT2D eigenvalue weighted by Crippen LogP contribution is 2.35. The fourth-order valence-electron chi connectivity index (χ4n) is 1.69. The van der Waals surface area contributed by atoms with Gasteiger partial charge in [0.15, 0.2) is 5.78 Å². The first-order chi connectivity index (χ1) is 7.22. The van der Waals surface area contributed by atoms with E-state index in [1.54, 1.807) is 7.11 Å². The lowest BCUT2D eigenvalue weighted by atomic mass is 10.1. The number of allylic oxidation sites excluding steroid dienone is 2. The van der Waals surface area contributed by atoms with E-state index < -0.39 is 0 Å². The summed E-state index contributed by atoms with van der Waals surface area (Å²) in [6.45, 7) is 0. The predicted molar refractivity (Wildman–Crippen MR) is 63.1 cm³/mol. The minimum atomic E-state index is 0.195. The lowest BCUT2D eigenvalue weighted by Crippen LogP contribution is -1.87. The van der Waals surface area contributed by atoms with E-state index in [-0.39, 0.29) is 5.78 Å². The Bertz CT molecular complexity index is 418. The zero-order valence-corrected chi connectivity index (χ0v) is 10.0. The van der Waals surface area contributed by atoms with Crippen LogP contribution in [0, 0.1) is 0 Å². The first kappa shape index (κ1) is 10.4. The van der Waals surface area contributed by atoms with E-state index in [1.807, 2.05) is 24.3 Å². The van der Waals surface area contributed by atoms with Gasteiger partial charge in [0.2, 0.25) is 0 Å². The van der Waals surface area contributed by atoms with E-state index in [0.29, 0.717) is 6.42 Å². The number of ketones is 1. The Kier molecular flexibility index (Phi) is 2.91. The molecule has 1 aliphatic carbocycles. The monoisotopic (exact) mass is 266 g/mol. The Labute approximate surface area is 97.1 Å². The molecule has 2 rings (SSSR count). The van der Waals surface area contributed by atoms with Gasteiger partial charge in [-0.15, -0.1) is 0 Å². The molecule has 0 aliphatic heterocycles. The van der Waals surface area contributed by atoms with Crippen LogP contribution in [0.4, 0.5) is 0 Å². The summed E-state index contributed by atoms with van der Waals surface area (Å²) in [4.78, 5) is 11.4. The lowest BCUT2D eigenvalue weighted by Gasteiger charge is -2.04. The van der Waals surface area contributed by atoms with Gasteiger partial charge in [-0.05, 0) is 45.6 Å². The van der Waals surface area contributed by atoms with Crippen molar-refractivity contribution in [3.63, 3.8) is 0 Å². The molecule has 3 heteroatoms. The van der Waals surface area contributed by atoms with Crippen molar-refractivity contribution in [3.8, 4) is 5.75 Å². The molecule has 0 fully saturated rings. The van der Waals surface area contributed by atoms with Crippen LogP contribution in [0.25, 0.3) is 5.57 Å². The van der Waals surface area contributed by atoms with Crippen molar-refractivity contribution in [2.24, 2.45) is 0 Å². The van der Waals surface area contributed by atoms with E-state index in [0.717, 1.165) is 27.8 Å². The maximum Gasteiger partial charge on any atom is 0.170 e. The Hall–Kier alpha value is -1.09. The maximum absolute atomic E-state index is 11.4. The van der Waals surface area contributed by atoms with Gasteiger partial charge in [0.25, 0.3) is 0 Å². The van der Waals surface area contributed by atoms with E-state index in [2.05, 4.69) is 15.9 Å². The molecule has 0 saturated heterocycles. The Morgan fingerprint density at radius 1 is 1.20 bits per heavy atom. The molecule has 0 atom stereocenters. The number of carbonyl (C=O) groups is 1. The molecule has 0 aromatic heterocycles. The van der Waals surface area contributed by atoms with Crippen molar-refractivity contribution >= 4 is 27.3 Å². The Balaban J connectivity index is 2.34. The summed E-state index contributed by atoms with van der Waals surface area (Å²) in [6.07, 6.45) is 1.44. The quantitative estimate of drug-likeness (QED) is 0.822. The number of rotatable bonds is 2. The van der Waals surface area contributed by atoms with Crippen LogP contribution >= 0.6 is 15.9 Å². The van der Waals surface area contributed by atoms with Crippen molar-refractivity contribution < 1.29 is 9.53 Å². The lowest BCUT2D eigenvalue weighted by molar-refractivity contribution is -0.114. The van der Waals surface area contributed by atoms with Crippen LogP contribution in [0.1, 0.15) is 18.4 Å². The highest BCUT2D eigenvalue weighted by Gasteiger charge is 2.21. The van der Waals surface area contributed by atoms with Gasteiger partial charge in [0.05, 0.1) is 11.6 Å². The molecule has 1 aromatic carbocycles. The molecular formula is C12H11BrO2. The van der Waals surface area contributed by atoms with Crippen molar-refractivity contribution in [2.75, 3.05) is 7.11 Å². The summed E-state index contributed by atoms with van der Waals surface area (Å²) in [5.41, 5.74) is 2.19. The first-order valence-corrected chi connectivity index (χ1v) is 5.58. The largest absolute Gasteiger partial charge is 0.497 e. The summed E-state index contributed by atoms with van der Waals surface area (Å²) in [7, 11) is 1.64. The molecule has 0 spiro atoms. The van der Waals surface area contributed by atoms with Gasteiger partial charge < -0.3 is 4.74 Å². The van der Waals surface area contributed by atoms with Gasteiger partial charge in [-0.25, -0.2) is 0 Å². The van der Waals surface area contributed by atoms with Gasteiger partial charge in [-0.2, -0.15) is 0 Å². The highest BCUT2D eigenvalue weighted by molar-refractivity contribution is 9.12. The molecule has 0 amide bonds. The highest BCUT2D eigenvalue weighted by atomic mass is 79.9. The van der Waals surface area contributed by atoms with Gasteiger partial charge in [-0.1, -0.05) is 12.1 Å². The fraction of sp³-hybridized carbons (Fsp3) is 0.250. The predicted octanol–water partition coefficient (Wildman–Crippen LogP) is 3.16. The van der Waals surface area contributed by atoms with Gasteiger partial charge in [-0.3, -0.25) is 4.79 Å². The summed E-state index contributed by atoms with van der Waals surface area (Å²) in [6, 6.07) is 7.78. The number of carbonyl (C=O) groups excluding carboxylic acids is 1. The number of ether oxygens (including phenoxy) is 1. The second-order valence-electron chi connectivity index (χ2n) is 3.44. The standard InChI is InChI=1S/C12H11BrO2/c1-15-9-4-2-8(3-5-9)10-6-7-11(14)12(10)13/h2-5H,6-7H2,1H3. The van der Waals surface area contributed by atoms with E-state index >= 15 is 0 Å². The van der Waals surface area contributed by atoms with Crippen LogP contribution in [0.5, 0.6) is 5.75 Å². The summed E-state index contributed by atoms with van der Waals surface area (Å²) >= 11 is 3.34. The Morgan fingerprint density at radius 3 is 2.33 bits per heavy atom. The molecule has 2 nitrogen and oxygen atoms in total. The maximum atomic E-state index is 11.4. The molecule has 0 bridgehead atoms. The van der Waals surface area contributed by atoms with E-state index in [1.165, 1.54) is 0 Å². The minimum absolute atomic E-state index is 0.195. The molecule has 15 heavy (non-hydrogen) atoms. The second-order valence-corrected chi connectivity index (χ2v) is 4.24. The first-order valence-electron chi connectivity index (χ1n) is 4.78. The molecule has 0 radical (unpaired) electrons. The van der Waals surface area contributed by atoms with Crippen molar-refractivity contribution in [1.29, 1.82) is 0 Å². The molecule has 78 valence electrons. The summed E-state index contributed by atoms with van der Waals surface area (Å²) in [5, 5.41) is 0. The van der Waals surface area contributed by atoms with Crippen LogP contribution in [0.2, 0.25) is 0 Å². The van der Waals surface area contributed by atoms with Crippen molar-refractivity contribution in [2.45, 2.75) is 12.8 Å². The van der Waals surface area contributed by atoms with Crippen LogP contribution in [0.3, 0.4) is 0 Å².